The number of hydrogen-bond acceptors (Lipinski definition) is 3. The zero-order valence-corrected chi connectivity index (χ0v) is 9.33. The number of imidazole rings is 1. The Morgan fingerprint density at radius 1 is 1.53 bits per heavy atom. The zero-order chi connectivity index (χ0) is 10.7. The van der Waals surface area contributed by atoms with Crippen molar-refractivity contribution in [3.63, 3.8) is 0 Å². The number of nitrogens with zero attached hydrogens (tertiary/aromatic N) is 2. The predicted octanol–water partition coefficient (Wildman–Crippen LogP) is 2.70. The van der Waals surface area contributed by atoms with E-state index in [1.807, 2.05) is 22.9 Å². The lowest BCUT2D eigenvalue weighted by molar-refractivity contribution is 0.112. The first-order valence-electron chi connectivity index (χ1n) is 4.92. The fraction of sp³-hybridized carbons (Fsp3) is 0.273. The van der Waals surface area contributed by atoms with Gasteiger partial charge in [-0.15, -0.1) is 11.3 Å². The van der Waals surface area contributed by atoms with Crippen LogP contribution in [0.15, 0.2) is 24.5 Å². The minimum Gasteiger partial charge on any atom is -0.297 e. The third-order valence-electron chi connectivity index (χ3n) is 2.16. The molecule has 0 amide bonds. The first kappa shape index (κ1) is 10.1. The summed E-state index contributed by atoms with van der Waals surface area (Å²) in [6, 6.07) is 3.79. The summed E-state index contributed by atoms with van der Waals surface area (Å²) in [5.74, 6) is 1.05. The minimum atomic E-state index is 0.751. The number of carbonyl (C=O) groups excluding carboxylic acids is 1. The topological polar surface area (TPSA) is 34.9 Å². The second-order valence-electron chi connectivity index (χ2n) is 3.26. The van der Waals surface area contributed by atoms with Crippen LogP contribution in [0.2, 0.25) is 0 Å². The summed E-state index contributed by atoms with van der Waals surface area (Å²) in [5, 5.41) is 1.05. The van der Waals surface area contributed by atoms with Gasteiger partial charge in [0.05, 0.1) is 4.88 Å². The molecular formula is C11H12N2OS. The van der Waals surface area contributed by atoms with Crippen molar-refractivity contribution in [2.75, 3.05) is 0 Å². The van der Waals surface area contributed by atoms with Crippen molar-refractivity contribution in [1.82, 2.24) is 9.55 Å². The highest BCUT2D eigenvalue weighted by molar-refractivity contribution is 7.16. The van der Waals surface area contributed by atoms with Crippen LogP contribution in [-0.4, -0.2) is 15.8 Å². The molecule has 2 aromatic heterocycles. The molecule has 15 heavy (non-hydrogen) atoms. The molecule has 3 nitrogen and oxygen atoms in total. The first-order chi connectivity index (χ1) is 7.35. The van der Waals surface area contributed by atoms with E-state index in [9.17, 15) is 4.79 Å². The smallest absolute Gasteiger partial charge is 0.160 e. The van der Waals surface area contributed by atoms with Crippen LogP contribution in [0.3, 0.4) is 0 Å². The summed E-state index contributed by atoms with van der Waals surface area (Å²) in [5.41, 5.74) is 0. The van der Waals surface area contributed by atoms with Gasteiger partial charge in [-0.2, -0.15) is 0 Å². The van der Waals surface area contributed by atoms with Crippen LogP contribution < -0.4 is 0 Å². The molecule has 0 saturated carbocycles. The van der Waals surface area contributed by atoms with Crippen LogP contribution in [0, 0.1) is 0 Å². The van der Waals surface area contributed by atoms with Gasteiger partial charge in [-0.05, 0) is 18.6 Å². The third kappa shape index (κ3) is 1.99. The van der Waals surface area contributed by atoms with Crippen molar-refractivity contribution in [3.8, 4) is 5.00 Å². The predicted molar refractivity (Wildman–Crippen MR) is 60.8 cm³/mol. The van der Waals surface area contributed by atoms with E-state index >= 15 is 0 Å². The Bertz CT molecular complexity index is 459. The SMILES string of the molecule is CCCc1nccn1-c1ccc(C=O)s1. The Kier molecular flexibility index (Phi) is 2.97. The van der Waals surface area contributed by atoms with Gasteiger partial charge in [-0.3, -0.25) is 9.36 Å². The third-order valence-corrected chi connectivity index (χ3v) is 3.17. The summed E-state index contributed by atoms with van der Waals surface area (Å²) in [4.78, 5) is 15.6. The van der Waals surface area contributed by atoms with E-state index in [0.717, 1.165) is 34.8 Å². The van der Waals surface area contributed by atoms with Gasteiger partial charge in [0, 0.05) is 18.8 Å². The molecule has 0 aliphatic rings. The molecule has 0 aromatic carbocycles. The number of rotatable bonds is 4. The maximum atomic E-state index is 10.6. The van der Waals surface area contributed by atoms with E-state index in [1.54, 1.807) is 6.20 Å². The highest BCUT2D eigenvalue weighted by Gasteiger charge is 2.06. The molecule has 2 rings (SSSR count). The summed E-state index contributed by atoms with van der Waals surface area (Å²) in [7, 11) is 0. The normalized spacial score (nSPS) is 10.5. The van der Waals surface area contributed by atoms with E-state index in [4.69, 9.17) is 0 Å². The van der Waals surface area contributed by atoms with Crippen LogP contribution in [0.1, 0.15) is 28.8 Å². The molecule has 2 heterocycles. The van der Waals surface area contributed by atoms with Crippen LogP contribution in [0.25, 0.3) is 5.00 Å². The number of thiophene rings is 1. The van der Waals surface area contributed by atoms with E-state index in [-0.39, 0.29) is 0 Å². The Hall–Kier alpha value is -1.42. The molecule has 2 aromatic rings. The van der Waals surface area contributed by atoms with E-state index in [2.05, 4.69) is 11.9 Å². The Morgan fingerprint density at radius 3 is 3.07 bits per heavy atom. The highest BCUT2D eigenvalue weighted by atomic mass is 32.1. The van der Waals surface area contributed by atoms with Gasteiger partial charge in [-0.1, -0.05) is 6.92 Å². The minimum absolute atomic E-state index is 0.751. The van der Waals surface area contributed by atoms with E-state index in [0.29, 0.717) is 0 Å². The molecule has 0 spiro atoms. The van der Waals surface area contributed by atoms with Crippen molar-refractivity contribution in [3.05, 3.63) is 35.2 Å². The maximum Gasteiger partial charge on any atom is 0.160 e. The standard InChI is InChI=1S/C11H12N2OS/c1-2-3-10-12-6-7-13(10)11-5-4-9(8-14)15-11/h4-8H,2-3H2,1H3. The summed E-state index contributed by atoms with van der Waals surface area (Å²) in [6.45, 7) is 2.13. The Labute approximate surface area is 92.4 Å². The molecule has 0 atom stereocenters. The molecule has 4 heteroatoms. The molecule has 0 unspecified atom stereocenters. The lowest BCUT2D eigenvalue weighted by Gasteiger charge is -2.02. The van der Waals surface area contributed by atoms with Crippen molar-refractivity contribution < 1.29 is 4.79 Å². The average Bonchev–Trinajstić information content (AvgIpc) is 2.85. The van der Waals surface area contributed by atoms with E-state index < -0.39 is 0 Å². The molecule has 0 N–H and O–H groups in total. The molecule has 0 fully saturated rings. The second-order valence-corrected chi connectivity index (χ2v) is 4.35. The van der Waals surface area contributed by atoms with Gasteiger partial charge >= 0.3 is 0 Å². The monoisotopic (exact) mass is 220 g/mol. The quantitative estimate of drug-likeness (QED) is 0.742. The zero-order valence-electron chi connectivity index (χ0n) is 8.51. The summed E-state index contributed by atoms with van der Waals surface area (Å²) < 4.78 is 2.04. The number of hydrogen-bond donors (Lipinski definition) is 0. The fourth-order valence-electron chi connectivity index (χ4n) is 1.48. The van der Waals surface area contributed by atoms with Crippen LogP contribution >= 0.6 is 11.3 Å². The number of carbonyl (C=O) groups is 1. The maximum absolute atomic E-state index is 10.6. The van der Waals surface area contributed by atoms with Gasteiger partial charge in [0.2, 0.25) is 0 Å². The molecule has 0 aliphatic carbocycles. The largest absolute Gasteiger partial charge is 0.297 e. The van der Waals surface area contributed by atoms with Crippen LogP contribution in [-0.2, 0) is 6.42 Å². The van der Waals surface area contributed by atoms with Crippen molar-refractivity contribution in [1.29, 1.82) is 0 Å². The Morgan fingerprint density at radius 2 is 2.40 bits per heavy atom. The lowest BCUT2D eigenvalue weighted by atomic mass is 10.3. The van der Waals surface area contributed by atoms with Crippen molar-refractivity contribution >= 4 is 17.6 Å². The van der Waals surface area contributed by atoms with Gasteiger partial charge < -0.3 is 0 Å². The lowest BCUT2D eigenvalue weighted by Crippen LogP contribution is -1.97. The highest BCUT2D eigenvalue weighted by Crippen LogP contribution is 2.21. The first-order valence-corrected chi connectivity index (χ1v) is 5.74. The van der Waals surface area contributed by atoms with Gasteiger partial charge in [0.15, 0.2) is 6.29 Å². The molecular weight excluding hydrogens is 208 g/mol. The average molecular weight is 220 g/mol. The molecule has 78 valence electrons. The van der Waals surface area contributed by atoms with Gasteiger partial charge in [0.25, 0.3) is 0 Å². The molecule has 0 radical (unpaired) electrons. The van der Waals surface area contributed by atoms with Crippen LogP contribution in [0.5, 0.6) is 0 Å². The Balaban J connectivity index is 2.35. The molecule has 0 aliphatic heterocycles. The van der Waals surface area contributed by atoms with Crippen molar-refractivity contribution in [2.24, 2.45) is 0 Å². The number of aryl methyl sites for hydroxylation is 1. The second kappa shape index (κ2) is 4.40. The van der Waals surface area contributed by atoms with Gasteiger partial charge in [0.1, 0.15) is 10.8 Å². The van der Waals surface area contributed by atoms with Gasteiger partial charge in [-0.25, -0.2) is 4.98 Å². The summed E-state index contributed by atoms with van der Waals surface area (Å²) in [6.07, 6.45) is 6.64. The molecule has 0 bridgehead atoms. The number of aromatic nitrogens is 2. The van der Waals surface area contributed by atoms with Crippen molar-refractivity contribution in [2.45, 2.75) is 19.8 Å². The van der Waals surface area contributed by atoms with E-state index in [1.165, 1.54) is 11.3 Å². The number of aldehydes is 1. The summed E-state index contributed by atoms with van der Waals surface area (Å²) >= 11 is 1.49. The fourth-order valence-corrected chi connectivity index (χ4v) is 2.30. The van der Waals surface area contributed by atoms with Crippen LogP contribution in [0.4, 0.5) is 0 Å². The molecule has 0 saturated heterocycles.